The first-order valence-electron chi connectivity index (χ1n) is 4.43. The van der Waals surface area contributed by atoms with Crippen LogP contribution in [0, 0.1) is 0 Å². The Morgan fingerprint density at radius 3 is 2.20 bits per heavy atom. The second-order valence-corrected chi connectivity index (χ2v) is 3.50. The summed E-state index contributed by atoms with van der Waals surface area (Å²) in [6.07, 6.45) is 0. The fourth-order valence-corrected chi connectivity index (χ4v) is 1.27. The van der Waals surface area contributed by atoms with Crippen LogP contribution in [0.4, 0.5) is 0 Å². The molecule has 1 unspecified atom stereocenters. The third kappa shape index (κ3) is 1.77. The molecule has 1 aliphatic heterocycles. The highest BCUT2D eigenvalue weighted by Gasteiger charge is 2.50. The lowest BCUT2D eigenvalue weighted by atomic mass is 9.97. The Bertz CT molecular complexity index is 379. The van der Waals surface area contributed by atoms with Crippen molar-refractivity contribution in [1.29, 1.82) is 0 Å². The normalized spacial score (nSPS) is 25.2. The van der Waals surface area contributed by atoms with E-state index in [0.29, 0.717) is 0 Å². The fourth-order valence-electron chi connectivity index (χ4n) is 1.27. The zero-order valence-electron chi connectivity index (χ0n) is 9.04. The van der Waals surface area contributed by atoms with Crippen molar-refractivity contribution >= 4 is 17.5 Å². The molecule has 0 aromatic rings. The zero-order chi connectivity index (χ0) is 11.8. The van der Waals surface area contributed by atoms with Crippen LogP contribution in [0.25, 0.3) is 0 Å². The molecule has 0 N–H and O–H groups in total. The number of hydrogen-bond acceptors (Lipinski definition) is 5. The van der Waals surface area contributed by atoms with Gasteiger partial charge >= 0.3 is 5.97 Å². The summed E-state index contributed by atoms with van der Waals surface area (Å²) in [6, 6.07) is 0. The lowest BCUT2D eigenvalue weighted by molar-refractivity contribution is -0.147. The van der Waals surface area contributed by atoms with E-state index in [1.807, 2.05) is 0 Å². The summed E-state index contributed by atoms with van der Waals surface area (Å²) in [6.45, 7) is 5.26. The Kier molecular flexibility index (Phi) is 2.66. The van der Waals surface area contributed by atoms with Crippen LogP contribution in [0.3, 0.4) is 0 Å². The van der Waals surface area contributed by atoms with E-state index in [4.69, 9.17) is 9.47 Å². The Morgan fingerprint density at radius 1 is 1.33 bits per heavy atom. The van der Waals surface area contributed by atoms with Crippen molar-refractivity contribution in [1.82, 2.24) is 0 Å². The lowest BCUT2D eigenvalue weighted by Gasteiger charge is -2.18. The molecule has 0 fully saturated rings. The Labute approximate surface area is 87.0 Å². The molecular weight excluding hydrogens is 200 g/mol. The average Bonchev–Trinajstić information content (AvgIpc) is 2.30. The second kappa shape index (κ2) is 3.49. The maximum atomic E-state index is 11.7. The van der Waals surface area contributed by atoms with Crippen LogP contribution in [0.15, 0.2) is 11.5 Å². The smallest absolute Gasteiger partial charge is 0.308 e. The third-order valence-electron chi connectivity index (χ3n) is 2.23. The molecule has 0 saturated heterocycles. The van der Waals surface area contributed by atoms with Crippen LogP contribution < -0.4 is 0 Å². The standard InChI is InChI=1S/C10H12O5/c1-5-8(14-7(3)12)9(13)10(4,15-5)6(2)11/h1-4H3. The number of allylic oxidation sites excluding steroid dienone is 1. The van der Waals surface area contributed by atoms with E-state index in [9.17, 15) is 14.4 Å². The molecular formula is C10H12O5. The van der Waals surface area contributed by atoms with E-state index in [2.05, 4.69) is 0 Å². The maximum Gasteiger partial charge on any atom is 0.308 e. The minimum Gasteiger partial charge on any atom is -0.472 e. The van der Waals surface area contributed by atoms with Crippen molar-refractivity contribution in [2.75, 3.05) is 0 Å². The molecule has 0 saturated carbocycles. The molecule has 0 aromatic carbocycles. The van der Waals surface area contributed by atoms with Crippen LogP contribution in [0.1, 0.15) is 27.7 Å². The molecule has 5 heteroatoms. The van der Waals surface area contributed by atoms with Crippen LogP contribution in [-0.2, 0) is 23.9 Å². The number of carbonyl (C=O) groups excluding carboxylic acids is 3. The topological polar surface area (TPSA) is 69.7 Å². The van der Waals surface area contributed by atoms with Gasteiger partial charge in [0.2, 0.25) is 11.4 Å². The molecule has 0 aliphatic carbocycles. The van der Waals surface area contributed by atoms with Gasteiger partial charge in [-0.15, -0.1) is 0 Å². The Balaban J connectivity index is 3.03. The highest BCUT2D eigenvalue weighted by atomic mass is 16.6. The van der Waals surface area contributed by atoms with Gasteiger partial charge in [-0.25, -0.2) is 0 Å². The van der Waals surface area contributed by atoms with E-state index >= 15 is 0 Å². The van der Waals surface area contributed by atoms with Gasteiger partial charge in [0.15, 0.2) is 5.78 Å². The predicted molar refractivity (Wildman–Crippen MR) is 49.6 cm³/mol. The number of ether oxygens (including phenoxy) is 2. The lowest BCUT2D eigenvalue weighted by Crippen LogP contribution is -2.41. The molecule has 1 atom stereocenters. The van der Waals surface area contributed by atoms with Gasteiger partial charge in [0.1, 0.15) is 5.76 Å². The molecule has 1 rings (SSSR count). The number of hydrogen-bond donors (Lipinski definition) is 0. The number of esters is 1. The fraction of sp³-hybridized carbons (Fsp3) is 0.500. The molecule has 15 heavy (non-hydrogen) atoms. The van der Waals surface area contributed by atoms with Gasteiger partial charge in [-0.3, -0.25) is 14.4 Å². The summed E-state index contributed by atoms with van der Waals surface area (Å²) < 4.78 is 9.83. The number of Topliss-reactive ketones (excluding diaryl/α,β-unsaturated/α-hetero) is 2. The van der Waals surface area contributed by atoms with Crippen molar-refractivity contribution < 1.29 is 23.9 Å². The quantitative estimate of drug-likeness (QED) is 0.498. The van der Waals surface area contributed by atoms with Crippen LogP contribution >= 0.6 is 0 Å². The molecule has 0 spiro atoms. The monoisotopic (exact) mass is 212 g/mol. The minimum absolute atomic E-state index is 0.160. The van der Waals surface area contributed by atoms with Crippen LogP contribution in [-0.4, -0.2) is 23.1 Å². The Morgan fingerprint density at radius 2 is 1.87 bits per heavy atom. The molecule has 0 radical (unpaired) electrons. The number of ketones is 2. The highest BCUT2D eigenvalue weighted by molar-refractivity contribution is 6.17. The van der Waals surface area contributed by atoms with Crippen molar-refractivity contribution in [2.45, 2.75) is 33.3 Å². The van der Waals surface area contributed by atoms with Crippen LogP contribution in [0.5, 0.6) is 0 Å². The van der Waals surface area contributed by atoms with E-state index in [0.717, 1.165) is 0 Å². The molecule has 1 heterocycles. The second-order valence-electron chi connectivity index (χ2n) is 3.50. The van der Waals surface area contributed by atoms with Gasteiger partial charge in [0.05, 0.1) is 0 Å². The summed E-state index contributed by atoms with van der Waals surface area (Å²) >= 11 is 0. The largest absolute Gasteiger partial charge is 0.472 e. The summed E-state index contributed by atoms with van der Waals surface area (Å²) in [4.78, 5) is 33.7. The summed E-state index contributed by atoms with van der Waals surface area (Å²) in [7, 11) is 0. The first-order valence-corrected chi connectivity index (χ1v) is 4.43. The van der Waals surface area contributed by atoms with Gasteiger partial charge in [-0.05, 0) is 20.8 Å². The Hall–Kier alpha value is -1.65. The van der Waals surface area contributed by atoms with Gasteiger partial charge in [-0.2, -0.15) is 0 Å². The predicted octanol–water partition coefficient (Wildman–Crippen LogP) is 0.728. The van der Waals surface area contributed by atoms with E-state index in [-0.39, 0.29) is 11.5 Å². The minimum atomic E-state index is -1.55. The molecule has 1 aliphatic rings. The van der Waals surface area contributed by atoms with Gasteiger partial charge in [-0.1, -0.05) is 0 Å². The van der Waals surface area contributed by atoms with Crippen molar-refractivity contribution in [2.24, 2.45) is 0 Å². The summed E-state index contributed by atoms with van der Waals surface area (Å²) in [5.41, 5.74) is -1.55. The van der Waals surface area contributed by atoms with E-state index < -0.39 is 23.1 Å². The number of carbonyl (C=O) groups is 3. The SMILES string of the molecule is CC(=O)OC1=C(C)OC(C)(C(C)=O)C1=O. The molecule has 0 aromatic heterocycles. The highest BCUT2D eigenvalue weighted by Crippen LogP contribution is 2.31. The van der Waals surface area contributed by atoms with E-state index in [1.165, 1.54) is 27.7 Å². The molecule has 82 valence electrons. The van der Waals surface area contributed by atoms with E-state index in [1.54, 1.807) is 0 Å². The van der Waals surface area contributed by atoms with Gasteiger partial charge in [0, 0.05) is 6.92 Å². The first-order chi connectivity index (χ1) is 6.79. The van der Waals surface area contributed by atoms with Gasteiger partial charge < -0.3 is 9.47 Å². The summed E-state index contributed by atoms with van der Waals surface area (Å²) in [5, 5.41) is 0. The van der Waals surface area contributed by atoms with Crippen molar-refractivity contribution in [3.8, 4) is 0 Å². The number of rotatable bonds is 2. The maximum absolute atomic E-state index is 11.7. The molecule has 5 nitrogen and oxygen atoms in total. The average molecular weight is 212 g/mol. The van der Waals surface area contributed by atoms with Crippen molar-refractivity contribution in [3.05, 3.63) is 11.5 Å². The first kappa shape index (κ1) is 11.4. The van der Waals surface area contributed by atoms with Crippen LogP contribution in [0.2, 0.25) is 0 Å². The molecule has 0 bridgehead atoms. The summed E-state index contributed by atoms with van der Waals surface area (Å²) in [5.74, 6) is -1.67. The van der Waals surface area contributed by atoms with Crippen molar-refractivity contribution in [3.63, 3.8) is 0 Å². The van der Waals surface area contributed by atoms with Gasteiger partial charge in [0.25, 0.3) is 5.78 Å². The zero-order valence-corrected chi connectivity index (χ0v) is 9.04. The third-order valence-corrected chi connectivity index (χ3v) is 2.23. The molecule has 0 amide bonds.